The summed E-state index contributed by atoms with van der Waals surface area (Å²) in [5.41, 5.74) is 0. The van der Waals surface area contributed by atoms with Gasteiger partial charge in [0.2, 0.25) is 0 Å². The van der Waals surface area contributed by atoms with E-state index in [-0.39, 0.29) is 41.9 Å². The molecule has 0 aliphatic rings. The summed E-state index contributed by atoms with van der Waals surface area (Å²) in [5, 5.41) is 0. The van der Waals surface area contributed by atoms with Crippen LogP contribution in [0.2, 0.25) is 0 Å². The first-order valence-electron chi connectivity index (χ1n) is 1.38. The maximum absolute atomic E-state index is 11.1. The molecule has 0 aromatic rings. The number of nitrogens with one attached hydrogen (secondary N) is 1. The van der Waals surface area contributed by atoms with E-state index >= 15 is 0 Å². The summed E-state index contributed by atoms with van der Waals surface area (Å²) in [7, 11) is -11.0. The monoisotopic (exact) mass is 221 g/mol. The van der Waals surface area contributed by atoms with E-state index in [4.69, 9.17) is 0 Å². The van der Waals surface area contributed by atoms with Gasteiger partial charge in [-0.3, -0.25) is 0 Å². The molecule has 0 atom stereocenters. The van der Waals surface area contributed by atoms with E-state index in [9.17, 15) is 24.6 Å². The van der Waals surface area contributed by atoms with Crippen LogP contribution in [0.4, 0.5) is 7.77 Å². The Morgan fingerprint density at radius 3 is 1.10 bits per heavy atom. The normalized spacial score (nSPS) is 12.2. The van der Waals surface area contributed by atoms with Gasteiger partial charge in [-0.05, 0) is 0 Å². The molecule has 0 unspecified atom stereocenters. The quantitative estimate of drug-likeness (QED) is 0.460. The van der Waals surface area contributed by atoms with Crippen LogP contribution in [0.3, 0.4) is 0 Å². The van der Waals surface area contributed by atoms with Gasteiger partial charge in [-0.25, -0.2) is 0 Å². The molecule has 0 saturated heterocycles. The van der Waals surface area contributed by atoms with Gasteiger partial charge in [0.15, 0.2) is 0 Å². The van der Waals surface area contributed by atoms with Gasteiger partial charge < -0.3 is 0 Å². The van der Waals surface area contributed by atoms with E-state index in [1.54, 1.807) is 0 Å². The zero-order chi connectivity index (χ0) is 7.71. The Bertz CT molecular complexity index is 246. The Labute approximate surface area is 86.5 Å². The van der Waals surface area contributed by atoms with Gasteiger partial charge in [-0.2, -0.15) is 16.8 Å². The van der Waals surface area contributed by atoms with Crippen molar-refractivity contribution in [3.63, 3.8) is 0 Å². The minimum Gasteiger partial charge on any atom is -0.176 e. The van der Waals surface area contributed by atoms with Crippen LogP contribution >= 0.6 is 0 Å². The van der Waals surface area contributed by atoms with Crippen molar-refractivity contribution in [3.05, 3.63) is 0 Å². The van der Waals surface area contributed by atoms with Crippen molar-refractivity contribution in [1.29, 1.82) is 0 Å². The summed E-state index contributed by atoms with van der Waals surface area (Å²) in [6, 6.07) is 0. The summed E-state index contributed by atoms with van der Waals surface area (Å²) in [6.45, 7) is 0. The molecule has 10 heteroatoms. The second kappa shape index (κ2) is 4.12. The second-order valence-corrected chi connectivity index (χ2v) is 3.38. The van der Waals surface area contributed by atoms with Gasteiger partial charge in [-0.15, -0.1) is 0 Å². The molecule has 0 spiro atoms. The fourth-order valence-electron chi connectivity index (χ4n) is 0.119. The molecule has 0 fully saturated rings. The van der Waals surface area contributed by atoms with E-state index < -0.39 is 20.8 Å². The van der Waals surface area contributed by atoms with Crippen LogP contribution in [-0.4, -0.2) is 54.6 Å². The van der Waals surface area contributed by atoms with Crippen LogP contribution in [0.1, 0.15) is 0 Å². The third-order valence-electron chi connectivity index (χ3n) is 0.199. The van der Waals surface area contributed by atoms with Gasteiger partial charge >= 0.3 is 20.8 Å². The van der Waals surface area contributed by atoms with Crippen molar-refractivity contribution in [2.24, 2.45) is 0 Å². The summed E-state index contributed by atoms with van der Waals surface area (Å²) in [6.07, 6.45) is 0. The predicted octanol–water partition coefficient (Wildman–Crippen LogP) is -1.38. The number of halogens is 2. The number of rotatable bonds is 2. The average molecular weight is 221 g/mol. The minimum atomic E-state index is -5.49. The molecule has 58 valence electrons. The zero-order valence-electron chi connectivity index (χ0n) is 4.41. The van der Waals surface area contributed by atoms with Crippen molar-refractivity contribution < 1.29 is 24.6 Å². The molecule has 10 heavy (non-hydrogen) atoms. The van der Waals surface area contributed by atoms with Crippen LogP contribution in [0.25, 0.3) is 0 Å². The number of hydrogen-bond acceptors (Lipinski definition) is 4. The van der Waals surface area contributed by atoms with Crippen molar-refractivity contribution in [1.82, 2.24) is 4.13 Å². The first kappa shape index (κ1) is 13.6. The summed E-state index contributed by atoms with van der Waals surface area (Å²) < 4.78 is 59.3. The summed E-state index contributed by atoms with van der Waals surface area (Å²) >= 11 is 0. The average Bonchev–Trinajstić information content (AvgIpc) is 1.14. The van der Waals surface area contributed by atoms with Crippen LogP contribution in [0.15, 0.2) is 0 Å². The van der Waals surface area contributed by atoms with Gasteiger partial charge in [-0.1, -0.05) is 11.9 Å². The smallest absolute Gasteiger partial charge is 0.176 e. The van der Waals surface area contributed by atoms with E-state index in [1.165, 1.54) is 0 Å². The molecular weight excluding hydrogens is 220 g/mol. The summed E-state index contributed by atoms with van der Waals surface area (Å²) in [5.74, 6) is 0. The van der Waals surface area contributed by atoms with Crippen LogP contribution < -0.4 is 4.13 Å². The molecule has 0 aliphatic heterocycles. The van der Waals surface area contributed by atoms with Crippen molar-refractivity contribution in [2.45, 2.75) is 0 Å². The van der Waals surface area contributed by atoms with Gasteiger partial charge in [0.25, 0.3) is 0 Å². The first-order chi connectivity index (χ1) is 3.71. The standard InChI is InChI=1S/Ca.F2HNO4S2/c;1-8(4,5)3-9(2,6)7/h;3H. The minimum absolute atomic E-state index is 0. The molecule has 0 heterocycles. The maximum Gasteiger partial charge on any atom is 0.387 e. The fourth-order valence-corrected chi connectivity index (χ4v) is 1.07. The van der Waals surface area contributed by atoms with Gasteiger partial charge in [0.1, 0.15) is 0 Å². The Hall–Kier alpha value is 0.980. The van der Waals surface area contributed by atoms with Crippen molar-refractivity contribution in [2.75, 3.05) is 0 Å². The molecule has 0 saturated carbocycles. The van der Waals surface area contributed by atoms with E-state index in [0.717, 1.165) is 0 Å². The first-order valence-corrected chi connectivity index (χ1v) is 4.15. The third kappa shape index (κ3) is 11.7. The fraction of sp³-hybridized carbons (Fsp3) is 0. The Kier molecular flexibility index (Phi) is 5.58. The molecule has 0 rings (SSSR count). The molecule has 0 amide bonds. The number of hydrogen-bond donors (Lipinski definition) is 1. The van der Waals surface area contributed by atoms with Crippen LogP contribution in [0.5, 0.6) is 0 Å². The van der Waals surface area contributed by atoms with E-state index in [2.05, 4.69) is 0 Å². The van der Waals surface area contributed by atoms with E-state index in [0.29, 0.717) is 0 Å². The molecule has 1 N–H and O–H groups in total. The second-order valence-electron chi connectivity index (χ2n) is 0.959. The van der Waals surface area contributed by atoms with Crippen molar-refractivity contribution >= 4 is 58.6 Å². The molecule has 0 aliphatic carbocycles. The molecule has 2 radical (unpaired) electrons. The van der Waals surface area contributed by atoms with E-state index in [1.807, 2.05) is 0 Å². The Balaban J connectivity index is 0. The predicted molar refractivity (Wildman–Crippen MR) is 28.9 cm³/mol. The molecule has 0 aromatic carbocycles. The topological polar surface area (TPSA) is 80.3 Å². The van der Waals surface area contributed by atoms with Crippen LogP contribution in [0, 0.1) is 0 Å². The molecule has 5 nitrogen and oxygen atoms in total. The van der Waals surface area contributed by atoms with Gasteiger partial charge in [0.05, 0.1) is 0 Å². The zero-order valence-corrected chi connectivity index (χ0v) is 8.25. The van der Waals surface area contributed by atoms with Gasteiger partial charge in [0, 0.05) is 37.7 Å². The Morgan fingerprint density at radius 2 is 1.10 bits per heavy atom. The molecule has 0 aromatic heterocycles. The molecular formula is HCaF2NO4S2. The maximum atomic E-state index is 11.1. The summed E-state index contributed by atoms with van der Waals surface area (Å²) in [4.78, 5) is 0. The SMILES string of the molecule is O=S(=O)(F)NS(=O)(=O)F.[Ca]. The molecule has 0 bridgehead atoms. The van der Waals surface area contributed by atoms with Crippen LogP contribution in [-0.2, 0) is 20.8 Å². The van der Waals surface area contributed by atoms with Crippen molar-refractivity contribution in [3.8, 4) is 0 Å². The third-order valence-corrected chi connectivity index (χ3v) is 1.79. The largest absolute Gasteiger partial charge is 0.387 e. The Morgan fingerprint density at radius 1 is 0.900 bits per heavy atom.